The molecule has 3 rings (SSSR count). The molecule has 0 amide bonds. The number of hydrogen-bond donors (Lipinski definition) is 2. The maximum Gasteiger partial charge on any atom is 0.127 e. The maximum absolute atomic E-state index is 9.66. The number of nitrogens with one attached hydrogen (secondary N) is 1. The minimum Gasteiger partial charge on any atom is -0.393 e. The average Bonchev–Trinajstić information content (AvgIpc) is 2.82. The molecule has 2 fully saturated rings. The second kappa shape index (κ2) is 7.47. The summed E-state index contributed by atoms with van der Waals surface area (Å²) in [6.07, 6.45) is 3.08. The molecule has 1 aromatic heterocycles. The zero-order chi connectivity index (χ0) is 16.4. The summed E-state index contributed by atoms with van der Waals surface area (Å²) in [6, 6.07) is 4.53. The molecule has 2 heterocycles. The van der Waals surface area contributed by atoms with Crippen LogP contribution < -0.4 is 5.32 Å². The van der Waals surface area contributed by atoms with Crippen molar-refractivity contribution in [1.29, 1.82) is 0 Å². The summed E-state index contributed by atoms with van der Waals surface area (Å²) in [6.45, 7) is 7.08. The van der Waals surface area contributed by atoms with Crippen LogP contribution >= 0.6 is 15.9 Å². The van der Waals surface area contributed by atoms with Crippen molar-refractivity contribution >= 4 is 21.7 Å². The van der Waals surface area contributed by atoms with E-state index in [1.807, 2.05) is 0 Å². The summed E-state index contributed by atoms with van der Waals surface area (Å²) in [5.74, 6) is 0.892. The molecule has 1 aliphatic heterocycles. The normalized spacial score (nSPS) is 32.2. The van der Waals surface area contributed by atoms with Crippen molar-refractivity contribution in [2.75, 3.05) is 18.4 Å². The molecule has 1 aromatic rings. The quantitative estimate of drug-likeness (QED) is 0.782. The van der Waals surface area contributed by atoms with Crippen molar-refractivity contribution in [1.82, 2.24) is 9.88 Å². The van der Waals surface area contributed by atoms with Crippen molar-refractivity contribution in [2.24, 2.45) is 0 Å². The molecule has 0 bridgehead atoms. The largest absolute Gasteiger partial charge is 0.393 e. The van der Waals surface area contributed by atoms with Gasteiger partial charge in [-0.2, -0.15) is 0 Å². The van der Waals surface area contributed by atoms with Crippen LogP contribution in [0, 0.1) is 0 Å². The molecule has 0 unspecified atom stereocenters. The highest BCUT2D eigenvalue weighted by Gasteiger charge is 2.24. The number of pyridine rings is 1. The molecule has 4 atom stereocenters. The lowest BCUT2D eigenvalue weighted by molar-refractivity contribution is -0.0704. The van der Waals surface area contributed by atoms with Crippen LogP contribution in [0.15, 0.2) is 16.7 Å². The Kier molecular flexibility index (Phi) is 5.57. The topological polar surface area (TPSA) is 57.6 Å². The zero-order valence-electron chi connectivity index (χ0n) is 13.8. The van der Waals surface area contributed by atoms with Crippen LogP contribution in [-0.4, -0.2) is 52.4 Å². The third kappa shape index (κ3) is 4.89. The molecule has 6 heteroatoms. The van der Waals surface area contributed by atoms with Crippen LogP contribution in [-0.2, 0) is 11.3 Å². The highest BCUT2D eigenvalue weighted by atomic mass is 79.9. The number of ether oxygens (including phenoxy) is 1. The monoisotopic (exact) mass is 383 g/mol. The zero-order valence-corrected chi connectivity index (χ0v) is 15.4. The number of rotatable bonds is 4. The molecule has 0 aromatic carbocycles. The predicted molar refractivity (Wildman–Crippen MR) is 94.5 cm³/mol. The highest BCUT2D eigenvalue weighted by Crippen LogP contribution is 2.24. The van der Waals surface area contributed by atoms with E-state index in [0.29, 0.717) is 6.04 Å². The van der Waals surface area contributed by atoms with E-state index in [0.717, 1.165) is 49.3 Å². The third-order valence-corrected chi connectivity index (χ3v) is 4.92. The minimum absolute atomic E-state index is 0.171. The van der Waals surface area contributed by atoms with Gasteiger partial charge >= 0.3 is 0 Å². The van der Waals surface area contributed by atoms with Gasteiger partial charge in [0.05, 0.1) is 18.3 Å². The number of hydrogen-bond acceptors (Lipinski definition) is 5. The van der Waals surface area contributed by atoms with Crippen LogP contribution in [0.5, 0.6) is 0 Å². The first kappa shape index (κ1) is 17.1. The lowest BCUT2D eigenvalue weighted by atomic mass is 10.2. The summed E-state index contributed by atoms with van der Waals surface area (Å²) in [5, 5.41) is 13.1. The Balaban J connectivity index is 1.65. The van der Waals surface area contributed by atoms with E-state index in [2.05, 4.69) is 57.1 Å². The SMILES string of the molecule is C[C@@H]1CN(Cc2cc(Br)nc(N[C@H]3CC[C@H](O)C3)c2)C[C@H](C)O1. The van der Waals surface area contributed by atoms with Crippen LogP contribution in [0.1, 0.15) is 38.7 Å². The molecular formula is C17H26BrN3O2. The second-order valence-electron chi connectivity index (χ2n) is 6.94. The Hall–Kier alpha value is -0.690. The first-order valence-corrected chi connectivity index (χ1v) is 9.26. The Morgan fingerprint density at radius 2 is 2.04 bits per heavy atom. The summed E-state index contributed by atoms with van der Waals surface area (Å²) in [5.41, 5.74) is 1.24. The van der Waals surface area contributed by atoms with Gasteiger partial charge in [0.1, 0.15) is 10.4 Å². The van der Waals surface area contributed by atoms with Crippen LogP contribution in [0.2, 0.25) is 0 Å². The first-order valence-electron chi connectivity index (χ1n) is 8.47. The third-order valence-electron chi connectivity index (χ3n) is 4.51. The van der Waals surface area contributed by atoms with Crippen molar-refractivity contribution in [3.63, 3.8) is 0 Å². The lowest BCUT2D eigenvalue weighted by Gasteiger charge is -2.35. The smallest absolute Gasteiger partial charge is 0.127 e. The predicted octanol–water partition coefficient (Wildman–Crippen LogP) is 2.78. The van der Waals surface area contributed by atoms with Gasteiger partial charge in [0, 0.05) is 25.7 Å². The van der Waals surface area contributed by atoms with E-state index in [-0.39, 0.29) is 18.3 Å². The molecular weight excluding hydrogens is 358 g/mol. The molecule has 5 nitrogen and oxygen atoms in total. The van der Waals surface area contributed by atoms with Gasteiger partial charge in [0.25, 0.3) is 0 Å². The molecule has 1 saturated carbocycles. The standard InChI is InChI=1S/C17H26BrN3O2/c1-11-8-21(9-12(2)23-11)10-13-5-16(18)20-17(6-13)19-14-3-4-15(22)7-14/h5-6,11-12,14-15,22H,3-4,7-10H2,1-2H3,(H,19,20)/t11-,12+,14-,15-/m0/s1. The molecule has 0 radical (unpaired) electrons. The summed E-state index contributed by atoms with van der Waals surface area (Å²) >= 11 is 3.52. The number of aromatic nitrogens is 1. The van der Waals surface area contributed by atoms with Crippen molar-refractivity contribution in [2.45, 2.75) is 64.0 Å². The molecule has 2 aliphatic rings. The van der Waals surface area contributed by atoms with Gasteiger partial charge in [0.15, 0.2) is 0 Å². The van der Waals surface area contributed by atoms with Gasteiger partial charge in [-0.25, -0.2) is 4.98 Å². The summed E-state index contributed by atoms with van der Waals surface area (Å²) in [7, 11) is 0. The number of aliphatic hydroxyl groups is 1. The number of anilines is 1. The molecule has 128 valence electrons. The van der Waals surface area contributed by atoms with Crippen molar-refractivity contribution < 1.29 is 9.84 Å². The Bertz CT molecular complexity index is 533. The van der Waals surface area contributed by atoms with Crippen LogP contribution in [0.25, 0.3) is 0 Å². The van der Waals surface area contributed by atoms with E-state index in [1.165, 1.54) is 5.56 Å². The fourth-order valence-electron chi connectivity index (χ4n) is 3.68. The average molecular weight is 384 g/mol. The van der Waals surface area contributed by atoms with Gasteiger partial charge < -0.3 is 15.2 Å². The van der Waals surface area contributed by atoms with Gasteiger partial charge in [-0.1, -0.05) is 0 Å². The molecule has 23 heavy (non-hydrogen) atoms. The molecule has 0 spiro atoms. The van der Waals surface area contributed by atoms with E-state index >= 15 is 0 Å². The molecule has 1 saturated heterocycles. The van der Waals surface area contributed by atoms with Crippen molar-refractivity contribution in [3.8, 4) is 0 Å². The highest BCUT2D eigenvalue weighted by molar-refractivity contribution is 9.10. The Morgan fingerprint density at radius 3 is 2.70 bits per heavy atom. The van der Waals surface area contributed by atoms with Crippen LogP contribution in [0.3, 0.4) is 0 Å². The van der Waals surface area contributed by atoms with Crippen molar-refractivity contribution in [3.05, 3.63) is 22.3 Å². The number of aliphatic hydroxyl groups excluding tert-OH is 1. The number of nitrogens with zero attached hydrogens (tertiary/aromatic N) is 2. The van der Waals surface area contributed by atoms with E-state index in [1.54, 1.807) is 0 Å². The molecule has 2 N–H and O–H groups in total. The lowest BCUT2D eigenvalue weighted by Crippen LogP contribution is -2.44. The summed E-state index contributed by atoms with van der Waals surface area (Å²) < 4.78 is 6.65. The fourth-order valence-corrected chi connectivity index (χ4v) is 4.17. The van der Waals surface area contributed by atoms with Gasteiger partial charge in [-0.3, -0.25) is 4.90 Å². The maximum atomic E-state index is 9.66. The summed E-state index contributed by atoms with van der Waals surface area (Å²) in [4.78, 5) is 6.96. The second-order valence-corrected chi connectivity index (χ2v) is 7.76. The number of halogens is 1. The number of morpholine rings is 1. The Morgan fingerprint density at radius 1 is 1.30 bits per heavy atom. The first-order chi connectivity index (χ1) is 11.0. The fraction of sp³-hybridized carbons (Fsp3) is 0.706. The minimum atomic E-state index is -0.171. The molecule has 1 aliphatic carbocycles. The van der Waals surface area contributed by atoms with Gasteiger partial charge in [0.2, 0.25) is 0 Å². The van der Waals surface area contributed by atoms with E-state index in [9.17, 15) is 5.11 Å². The van der Waals surface area contributed by atoms with Gasteiger partial charge in [-0.15, -0.1) is 0 Å². The Labute approximate surface area is 146 Å². The van der Waals surface area contributed by atoms with E-state index in [4.69, 9.17) is 4.74 Å². The van der Waals surface area contributed by atoms with Crippen LogP contribution in [0.4, 0.5) is 5.82 Å². The van der Waals surface area contributed by atoms with Gasteiger partial charge in [-0.05, 0) is 66.7 Å². The van der Waals surface area contributed by atoms with E-state index < -0.39 is 0 Å².